The van der Waals surface area contributed by atoms with E-state index in [1.807, 2.05) is 0 Å². The number of nitrogens with one attached hydrogen (secondary N) is 1. The Morgan fingerprint density at radius 2 is 1.65 bits per heavy atom. The number of hydrogen-bond acceptors (Lipinski definition) is 4. The van der Waals surface area contributed by atoms with Crippen LogP contribution in [0.1, 0.15) is 35.7 Å². The van der Waals surface area contributed by atoms with Gasteiger partial charge < -0.3 is 5.32 Å². The average Bonchev–Trinajstić information content (AvgIpc) is 2.73. The van der Waals surface area contributed by atoms with Crippen molar-refractivity contribution in [2.45, 2.75) is 30.8 Å². The van der Waals surface area contributed by atoms with E-state index in [-0.39, 0.29) is 48.2 Å². The topological polar surface area (TPSA) is 83.6 Å². The summed E-state index contributed by atoms with van der Waals surface area (Å²) < 4.78 is 64.9. The van der Waals surface area contributed by atoms with Crippen LogP contribution in [0, 0.1) is 5.92 Å². The molecule has 1 aliphatic heterocycles. The van der Waals surface area contributed by atoms with Crippen molar-refractivity contribution in [3.63, 3.8) is 0 Å². The van der Waals surface area contributed by atoms with Gasteiger partial charge in [-0.15, -0.1) is 0 Å². The summed E-state index contributed by atoms with van der Waals surface area (Å²) in [4.78, 5) is 24.0. The van der Waals surface area contributed by atoms with Crippen LogP contribution in [-0.4, -0.2) is 37.5 Å². The molecule has 0 radical (unpaired) electrons. The van der Waals surface area contributed by atoms with Crippen LogP contribution in [0.2, 0.25) is 0 Å². The fraction of sp³-hybridized carbons (Fsp3) is 0.333. The summed E-state index contributed by atoms with van der Waals surface area (Å²) in [6.45, 7) is 1.60. The summed E-state index contributed by atoms with van der Waals surface area (Å²) in [6, 6.07) is 9.95. The molecule has 10 heteroatoms. The van der Waals surface area contributed by atoms with Gasteiger partial charge in [-0.05, 0) is 56.2 Å². The van der Waals surface area contributed by atoms with E-state index >= 15 is 0 Å². The van der Waals surface area contributed by atoms with E-state index in [0.717, 1.165) is 12.1 Å². The molecule has 0 saturated carbocycles. The lowest BCUT2D eigenvalue weighted by atomic mass is 9.97. The Kier molecular flexibility index (Phi) is 6.51. The third-order valence-electron chi connectivity index (χ3n) is 5.18. The maximum Gasteiger partial charge on any atom is 0.416 e. The lowest BCUT2D eigenvalue weighted by Crippen LogP contribution is -2.41. The van der Waals surface area contributed by atoms with Gasteiger partial charge in [0.1, 0.15) is 0 Å². The molecule has 2 aromatic rings. The number of anilines is 1. The first kappa shape index (κ1) is 23.0. The fourth-order valence-corrected chi connectivity index (χ4v) is 4.89. The van der Waals surface area contributed by atoms with Crippen LogP contribution in [0.4, 0.5) is 18.9 Å². The number of hydrogen-bond donors (Lipinski definition) is 1. The van der Waals surface area contributed by atoms with E-state index in [1.165, 1.54) is 41.6 Å². The normalized spacial score (nSPS) is 16.1. The number of halogens is 3. The summed E-state index contributed by atoms with van der Waals surface area (Å²) in [7, 11) is -3.80. The second-order valence-corrected chi connectivity index (χ2v) is 9.26. The van der Waals surface area contributed by atoms with Gasteiger partial charge in [0, 0.05) is 30.3 Å². The van der Waals surface area contributed by atoms with Crippen molar-refractivity contribution >= 4 is 27.4 Å². The van der Waals surface area contributed by atoms with Gasteiger partial charge in [0.2, 0.25) is 15.9 Å². The zero-order valence-corrected chi connectivity index (χ0v) is 17.5. The van der Waals surface area contributed by atoms with Gasteiger partial charge in [0.05, 0.1) is 10.5 Å². The van der Waals surface area contributed by atoms with Crippen molar-refractivity contribution in [2.75, 3.05) is 18.4 Å². The van der Waals surface area contributed by atoms with Gasteiger partial charge in [-0.3, -0.25) is 9.59 Å². The van der Waals surface area contributed by atoms with Gasteiger partial charge in [0.15, 0.2) is 5.78 Å². The molecule has 1 saturated heterocycles. The van der Waals surface area contributed by atoms with Crippen LogP contribution in [0.15, 0.2) is 53.4 Å². The van der Waals surface area contributed by atoms with E-state index in [2.05, 4.69) is 5.32 Å². The SMILES string of the molecule is CC(=O)c1cccc(S(=O)(=O)N2CCC(C(=O)Nc3ccc(C(F)(F)F)cc3)CC2)c1. The van der Waals surface area contributed by atoms with Crippen LogP contribution in [-0.2, 0) is 21.0 Å². The van der Waals surface area contributed by atoms with Crippen molar-refractivity contribution in [2.24, 2.45) is 5.92 Å². The number of ketones is 1. The number of amides is 1. The molecule has 1 amide bonds. The molecule has 0 aliphatic carbocycles. The first-order valence-corrected chi connectivity index (χ1v) is 11.0. The summed E-state index contributed by atoms with van der Waals surface area (Å²) in [5, 5.41) is 2.58. The summed E-state index contributed by atoms with van der Waals surface area (Å²) in [5.41, 5.74) is -0.265. The number of carbonyl (C=O) groups excluding carboxylic acids is 2. The van der Waals surface area contributed by atoms with E-state index in [4.69, 9.17) is 0 Å². The van der Waals surface area contributed by atoms with Crippen molar-refractivity contribution in [1.82, 2.24) is 4.31 Å². The Balaban J connectivity index is 1.61. The molecule has 0 atom stereocenters. The molecule has 0 aromatic heterocycles. The summed E-state index contributed by atoms with van der Waals surface area (Å²) in [5.74, 6) is -1.07. The lowest BCUT2D eigenvalue weighted by molar-refractivity contribution is -0.137. The molecule has 1 fully saturated rings. The highest BCUT2D eigenvalue weighted by molar-refractivity contribution is 7.89. The maximum absolute atomic E-state index is 12.9. The van der Waals surface area contributed by atoms with Crippen LogP contribution in [0.25, 0.3) is 0 Å². The monoisotopic (exact) mass is 454 g/mol. The van der Waals surface area contributed by atoms with Crippen molar-refractivity contribution in [3.05, 3.63) is 59.7 Å². The largest absolute Gasteiger partial charge is 0.416 e. The molecule has 6 nitrogen and oxygen atoms in total. The Bertz CT molecular complexity index is 1070. The zero-order valence-electron chi connectivity index (χ0n) is 16.6. The lowest BCUT2D eigenvalue weighted by Gasteiger charge is -2.30. The van der Waals surface area contributed by atoms with Crippen LogP contribution >= 0.6 is 0 Å². The van der Waals surface area contributed by atoms with E-state index in [0.29, 0.717) is 5.56 Å². The third kappa shape index (κ3) is 5.31. The fourth-order valence-electron chi connectivity index (χ4n) is 3.37. The van der Waals surface area contributed by atoms with E-state index in [9.17, 15) is 31.2 Å². The number of sulfonamides is 1. The molecule has 166 valence electrons. The maximum atomic E-state index is 12.9. The zero-order chi connectivity index (χ0) is 22.8. The standard InChI is InChI=1S/C21H21F3N2O4S/c1-14(27)16-3-2-4-19(13-16)31(29,30)26-11-9-15(10-12-26)20(28)25-18-7-5-17(6-8-18)21(22,23)24/h2-8,13,15H,9-12H2,1H3,(H,25,28). The van der Waals surface area contributed by atoms with Gasteiger partial charge in [-0.1, -0.05) is 12.1 Å². The highest BCUT2D eigenvalue weighted by atomic mass is 32.2. The molecular formula is C21H21F3N2O4S. The molecule has 1 heterocycles. The molecule has 0 spiro atoms. The highest BCUT2D eigenvalue weighted by Gasteiger charge is 2.33. The highest BCUT2D eigenvalue weighted by Crippen LogP contribution is 2.30. The molecule has 3 rings (SSSR count). The average molecular weight is 454 g/mol. The van der Waals surface area contributed by atoms with Crippen LogP contribution in [0.5, 0.6) is 0 Å². The minimum atomic E-state index is -4.45. The minimum absolute atomic E-state index is 0.0212. The van der Waals surface area contributed by atoms with E-state index < -0.39 is 27.7 Å². The number of nitrogens with zero attached hydrogens (tertiary/aromatic N) is 1. The molecule has 0 unspecified atom stereocenters. The number of rotatable bonds is 5. The van der Waals surface area contributed by atoms with Gasteiger partial charge in [0.25, 0.3) is 0 Å². The van der Waals surface area contributed by atoms with Gasteiger partial charge in [-0.2, -0.15) is 17.5 Å². The molecule has 0 bridgehead atoms. The summed E-state index contributed by atoms with van der Waals surface area (Å²) >= 11 is 0. The number of piperidine rings is 1. The smallest absolute Gasteiger partial charge is 0.326 e. The van der Waals surface area contributed by atoms with Crippen molar-refractivity contribution in [1.29, 1.82) is 0 Å². The Hall–Kier alpha value is -2.72. The molecule has 2 aromatic carbocycles. The molecule has 31 heavy (non-hydrogen) atoms. The summed E-state index contributed by atoms with van der Waals surface area (Å²) in [6.07, 6.45) is -3.90. The Labute approximate surface area is 178 Å². The predicted molar refractivity (Wildman–Crippen MR) is 108 cm³/mol. The van der Waals surface area contributed by atoms with E-state index in [1.54, 1.807) is 6.07 Å². The first-order valence-electron chi connectivity index (χ1n) is 9.58. The minimum Gasteiger partial charge on any atom is -0.326 e. The third-order valence-corrected chi connectivity index (χ3v) is 7.08. The van der Waals surface area contributed by atoms with Crippen LogP contribution in [0.3, 0.4) is 0 Å². The molecule has 1 aliphatic rings. The Morgan fingerprint density at radius 1 is 1.03 bits per heavy atom. The predicted octanol–water partition coefficient (Wildman–Crippen LogP) is 3.95. The number of Topliss-reactive ketones (excluding diaryl/α,β-unsaturated/α-hetero) is 1. The number of benzene rings is 2. The second kappa shape index (κ2) is 8.80. The first-order chi connectivity index (χ1) is 14.5. The molecular weight excluding hydrogens is 433 g/mol. The van der Waals surface area contributed by atoms with Crippen molar-refractivity contribution < 1.29 is 31.2 Å². The van der Waals surface area contributed by atoms with Crippen molar-refractivity contribution in [3.8, 4) is 0 Å². The Morgan fingerprint density at radius 3 is 2.19 bits per heavy atom. The van der Waals surface area contributed by atoms with Crippen LogP contribution < -0.4 is 5.32 Å². The number of alkyl halides is 3. The number of carbonyl (C=O) groups is 2. The van der Waals surface area contributed by atoms with Gasteiger partial charge in [-0.25, -0.2) is 8.42 Å². The molecule has 1 N–H and O–H groups in total. The van der Waals surface area contributed by atoms with Gasteiger partial charge >= 0.3 is 6.18 Å². The second-order valence-electron chi connectivity index (χ2n) is 7.33. The quantitative estimate of drug-likeness (QED) is 0.694.